The Morgan fingerprint density at radius 1 is 0.844 bits per heavy atom. The second kappa shape index (κ2) is 18.5. The first-order valence-electron chi connectivity index (χ1n) is 22.0. The summed E-state index contributed by atoms with van der Waals surface area (Å²) in [4.78, 5) is 52.5. The maximum absolute atomic E-state index is 14.6. The molecule has 7 aromatic rings. The van der Waals surface area contributed by atoms with Gasteiger partial charge in [-0.1, -0.05) is 60.1 Å². The van der Waals surface area contributed by atoms with E-state index in [1.165, 1.54) is 7.11 Å². The molecule has 0 atom stereocenters. The monoisotopic (exact) mass is 885 g/mol. The van der Waals surface area contributed by atoms with Crippen molar-refractivity contribution in [2.24, 2.45) is 7.05 Å². The summed E-state index contributed by atoms with van der Waals surface area (Å²) in [6, 6.07) is 23.5. The van der Waals surface area contributed by atoms with Crippen LogP contribution in [0.4, 0.5) is 0 Å². The lowest BCUT2D eigenvalue weighted by atomic mass is 9.98. The predicted molar refractivity (Wildman–Crippen MR) is 250 cm³/mol. The summed E-state index contributed by atoms with van der Waals surface area (Å²) in [5.41, 5.74) is 6.78. The Labute approximate surface area is 378 Å². The van der Waals surface area contributed by atoms with Crippen molar-refractivity contribution in [3.05, 3.63) is 112 Å². The number of H-pyrrole nitrogens is 1. The van der Waals surface area contributed by atoms with Crippen molar-refractivity contribution in [3.8, 4) is 16.9 Å². The third-order valence-corrected chi connectivity index (χ3v) is 12.4. The summed E-state index contributed by atoms with van der Waals surface area (Å²) in [6.07, 6.45) is 1.92. The third-order valence-electron chi connectivity index (χ3n) is 12.1. The van der Waals surface area contributed by atoms with Crippen molar-refractivity contribution in [2.45, 2.75) is 72.4 Å². The van der Waals surface area contributed by atoms with Gasteiger partial charge in [0.05, 0.1) is 41.0 Å². The van der Waals surface area contributed by atoms with Crippen molar-refractivity contribution >= 4 is 62.2 Å². The van der Waals surface area contributed by atoms with Gasteiger partial charge in [0, 0.05) is 86.8 Å². The average molecular weight is 886 g/mol. The van der Waals surface area contributed by atoms with Crippen LogP contribution in [0.25, 0.3) is 43.8 Å². The molecule has 334 valence electrons. The van der Waals surface area contributed by atoms with Gasteiger partial charge < -0.3 is 28.7 Å². The number of esters is 2. The molecule has 3 aromatic heterocycles. The Kier molecular flexibility index (Phi) is 12.8. The molecule has 1 fully saturated rings. The molecule has 0 spiro atoms. The quantitative estimate of drug-likeness (QED) is 0.0839. The highest BCUT2D eigenvalue weighted by atomic mass is 35.5. The number of aromatic nitrogens is 5. The number of nitrogens with zero attached hydrogens (tertiary/aromatic N) is 6. The predicted octanol–water partition coefficient (Wildman–Crippen LogP) is 8.87. The molecule has 1 N–H and O–H groups in total. The first-order chi connectivity index (χ1) is 30.7. The van der Waals surface area contributed by atoms with E-state index in [1.54, 1.807) is 12.1 Å². The van der Waals surface area contributed by atoms with Gasteiger partial charge >= 0.3 is 11.9 Å². The fraction of sp³-hybridized carbons (Fsp3) is 0.380. The van der Waals surface area contributed by atoms with E-state index in [9.17, 15) is 14.4 Å². The highest BCUT2D eigenvalue weighted by Crippen LogP contribution is 2.42. The molecule has 64 heavy (non-hydrogen) atoms. The molecule has 1 amide bonds. The number of halogens is 1. The van der Waals surface area contributed by atoms with E-state index in [1.807, 2.05) is 93.7 Å². The van der Waals surface area contributed by atoms with Crippen LogP contribution < -0.4 is 4.74 Å². The van der Waals surface area contributed by atoms with Crippen LogP contribution >= 0.6 is 11.6 Å². The number of nitrogens with one attached hydrogen (secondary N) is 1. The minimum absolute atomic E-state index is 0.0486. The first-order valence-corrected chi connectivity index (χ1v) is 22.3. The van der Waals surface area contributed by atoms with Gasteiger partial charge in [-0.3, -0.25) is 14.4 Å². The van der Waals surface area contributed by atoms with E-state index in [4.69, 9.17) is 30.9 Å². The van der Waals surface area contributed by atoms with Crippen molar-refractivity contribution in [1.82, 2.24) is 34.1 Å². The number of hydrogen-bond donors (Lipinski definition) is 1. The number of rotatable bonds is 14. The van der Waals surface area contributed by atoms with Crippen LogP contribution in [0.15, 0.2) is 72.8 Å². The fourth-order valence-corrected chi connectivity index (χ4v) is 9.22. The topological polar surface area (TPSA) is 137 Å². The van der Waals surface area contributed by atoms with Crippen LogP contribution in [0.1, 0.15) is 77.2 Å². The molecule has 0 aliphatic carbocycles. The van der Waals surface area contributed by atoms with Gasteiger partial charge in [0.25, 0.3) is 0 Å². The number of ether oxygens (including phenoxy) is 3. The zero-order valence-electron chi connectivity index (χ0n) is 37.7. The zero-order valence-corrected chi connectivity index (χ0v) is 38.5. The summed E-state index contributed by atoms with van der Waals surface area (Å²) in [6.45, 7) is 13.7. The van der Waals surface area contributed by atoms with Crippen molar-refractivity contribution in [3.63, 3.8) is 0 Å². The Balaban J connectivity index is 1.05. The van der Waals surface area contributed by atoms with E-state index in [0.717, 1.165) is 61.0 Å². The summed E-state index contributed by atoms with van der Waals surface area (Å²) in [5, 5.41) is 8.45. The van der Waals surface area contributed by atoms with Crippen molar-refractivity contribution < 1.29 is 28.6 Å². The van der Waals surface area contributed by atoms with Crippen LogP contribution in [0.2, 0.25) is 5.02 Å². The van der Waals surface area contributed by atoms with Crippen LogP contribution in [0.5, 0.6) is 5.75 Å². The van der Waals surface area contributed by atoms with Crippen LogP contribution in [-0.2, 0) is 40.7 Å². The number of imidazole rings is 1. The summed E-state index contributed by atoms with van der Waals surface area (Å²) >= 11 is 7.20. The minimum atomic E-state index is -0.733. The molecule has 0 bridgehead atoms. The molecule has 14 heteroatoms. The van der Waals surface area contributed by atoms with Gasteiger partial charge in [0.1, 0.15) is 28.4 Å². The number of piperazine rings is 1. The molecule has 0 radical (unpaired) electrons. The van der Waals surface area contributed by atoms with Gasteiger partial charge in [-0.05, 0) is 82.7 Å². The molecule has 4 heterocycles. The average Bonchev–Trinajstić information content (AvgIpc) is 3.92. The summed E-state index contributed by atoms with van der Waals surface area (Å²) in [7, 11) is 3.27. The lowest BCUT2D eigenvalue weighted by Gasteiger charge is -2.35. The lowest BCUT2D eigenvalue weighted by Crippen LogP contribution is -2.49. The molecule has 1 saturated heterocycles. The first kappa shape index (κ1) is 44.4. The molecule has 13 nitrogen and oxygen atoms in total. The number of amides is 1. The number of aromatic amines is 1. The summed E-state index contributed by atoms with van der Waals surface area (Å²) in [5.74, 6) is 0.675. The zero-order chi connectivity index (χ0) is 45.3. The van der Waals surface area contributed by atoms with E-state index in [-0.39, 0.29) is 12.3 Å². The highest BCUT2D eigenvalue weighted by molar-refractivity contribution is 6.35. The number of hydrogen-bond acceptors (Lipinski definition) is 9. The maximum atomic E-state index is 14.6. The van der Waals surface area contributed by atoms with Crippen LogP contribution in [-0.4, -0.2) is 104 Å². The van der Waals surface area contributed by atoms with E-state index in [0.29, 0.717) is 92.8 Å². The van der Waals surface area contributed by atoms with Crippen LogP contribution in [0, 0.1) is 13.8 Å². The fourth-order valence-electron chi connectivity index (χ4n) is 8.98. The summed E-state index contributed by atoms with van der Waals surface area (Å²) < 4.78 is 21.5. The standard InChI is InChI=1S/C50H56ClN7O6/c1-31-43(32(2)55(6)54-31)44-38(51)21-20-36-35(17-12-30-63-40-19-10-14-33-13-8-9-15-34(33)40)47(49(61)64-50(3,4)5)58(46(36)44)29-26-56-24-27-57(28-25-56)42(59)23-22-41-52-39-18-11-16-37(45(39)53-41)48(60)62-7/h8-11,13-16,18-21H,12,17,22-30H2,1-7H3,(H,52,53). The molecular weight excluding hydrogens is 830 g/mol. The minimum Gasteiger partial charge on any atom is -0.493 e. The van der Waals surface area contributed by atoms with E-state index < -0.39 is 17.5 Å². The molecule has 4 aromatic carbocycles. The van der Waals surface area contributed by atoms with Gasteiger partial charge in [0.2, 0.25) is 5.91 Å². The molecule has 1 aliphatic heterocycles. The van der Waals surface area contributed by atoms with Crippen molar-refractivity contribution in [2.75, 3.05) is 46.4 Å². The normalized spacial score (nSPS) is 13.6. The largest absolute Gasteiger partial charge is 0.493 e. The number of fused-ring (bicyclic) bond motifs is 3. The second-order valence-corrected chi connectivity index (χ2v) is 17.9. The van der Waals surface area contributed by atoms with Gasteiger partial charge in [-0.2, -0.15) is 5.10 Å². The van der Waals surface area contributed by atoms with Gasteiger partial charge in [0.15, 0.2) is 0 Å². The number of aryl methyl sites for hydroxylation is 4. The Morgan fingerprint density at radius 3 is 2.33 bits per heavy atom. The number of carbonyl (C=O) groups excluding carboxylic acids is 3. The van der Waals surface area contributed by atoms with E-state index >= 15 is 0 Å². The Bertz CT molecular complexity index is 2870. The third kappa shape index (κ3) is 9.09. The molecule has 0 unspecified atom stereocenters. The SMILES string of the molecule is COC(=O)c1cccc2[nH]c(CCC(=O)N3CCN(CCn4c(C(=O)OC(C)(C)C)c(CCCOc5cccc6ccccc56)c5ccc(Cl)c(-c6c(C)nn(C)c6C)c54)CC3)nc12. The number of carbonyl (C=O) groups is 3. The van der Waals surface area contributed by atoms with Crippen molar-refractivity contribution in [1.29, 1.82) is 0 Å². The van der Waals surface area contributed by atoms with E-state index in [2.05, 4.69) is 37.6 Å². The number of benzene rings is 4. The Hall–Kier alpha value is -6.18. The maximum Gasteiger partial charge on any atom is 0.355 e. The smallest absolute Gasteiger partial charge is 0.355 e. The molecule has 0 saturated carbocycles. The number of para-hydroxylation sites is 1. The van der Waals surface area contributed by atoms with Crippen LogP contribution in [0.3, 0.4) is 0 Å². The second-order valence-electron chi connectivity index (χ2n) is 17.5. The molecule has 1 aliphatic rings. The van der Waals surface area contributed by atoms with Gasteiger partial charge in [-0.25, -0.2) is 14.6 Å². The molecular formula is C50H56ClN7O6. The highest BCUT2D eigenvalue weighted by Gasteiger charge is 2.31. The molecule has 8 rings (SSSR count). The Morgan fingerprint density at radius 2 is 1.59 bits per heavy atom. The number of methoxy groups -OCH3 is 1. The lowest BCUT2D eigenvalue weighted by molar-refractivity contribution is -0.132. The van der Waals surface area contributed by atoms with Gasteiger partial charge in [-0.15, -0.1) is 0 Å².